The molecule has 0 aromatic heterocycles. The number of halogens is 1. The minimum Gasteiger partial charge on any atom is -0.493 e. The number of nitrogens with zero attached hydrogens (tertiary/aromatic N) is 1. The number of hydrogen-bond donors (Lipinski definition) is 1. The van der Waals surface area contributed by atoms with Crippen molar-refractivity contribution in [1.29, 1.82) is 0 Å². The highest BCUT2D eigenvalue weighted by molar-refractivity contribution is 6.30. The third-order valence-corrected chi connectivity index (χ3v) is 5.42. The number of aryl methyl sites for hydroxylation is 1. The van der Waals surface area contributed by atoms with Crippen LogP contribution < -0.4 is 29.1 Å². The summed E-state index contributed by atoms with van der Waals surface area (Å²) in [5, 5.41) is 4.55. The molecule has 0 heterocycles. The van der Waals surface area contributed by atoms with Crippen LogP contribution >= 0.6 is 11.6 Å². The van der Waals surface area contributed by atoms with E-state index in [0.717, 1.165) is 5.56 Å². The van der Waals surface area contributed by atoms with Crippen LogP contribution in [0.3, 0.4) is 0 Å². The summed E-state index contributed by atoms with van der Waals surface area (Å²) in [6.07, 6.45) is 0.692. The van der Waals surface area contributed by atoms with Crippen molar-refractivity contribution in [3.05, 3.63) is 76.3 Å². The number of rotatable bonds is 10. The van der Waals surface area contributed by atoms with Gasteiger partial charge in [0, 0.05) is 5.02 Å². The van der Waals surface area contributed by atoms with E-state index in [4.69, 9.17) is 35.3 Å². The molecule has 194 valence electrons. The van der Waals surface area contributed by atoms with Gasteiger partial charge >= 0.3 is 5.97 Å². The number of esters is 1. The number of hydrogen-bond acceptors (Lipinski definition) is 8. The predicted molar refractivity (Wildman–Crippen MR) is 140 cm³/mol. The van der Waals surface area contributed by atoms with Gasteiger partial charge < -0.3 is 23.7 Å². The minimum absolute atomic E-state index is 0.230. The molecule has 1 unspecified atom stereocenters. The predicted octanol–water partition coefficient (Wildman–Crippen LogP) is 4.81. The lowest BCUT2D eigenvalue weighted by molar-refractivity contribution is -0.127. The molecule has 3 aromatic rings. The van der Waals surface area contributed by atoms with Gasteiger partial charge in [0.25, 0.3) is 5.91 Å². The molecule has 9 nitrogen and oxygen atoms in total. The molecule has 0 radical (unpaired) electrons. The van der Waals surface area contributed by atoms with Gasteiger partial charge in [0.2, 0.25) is 5.75 Å². The molecule has 37 heavy (non-hydrogen) atoms. The average molecular weight is 527 g/mol. The van der Waals surface area contributed by atoms with E-state index >= 15 is 0 Å². The van der Waals surface area contributed by atoms with E-state index in [0.29, 0.717) is 39.3 Å². The third kappa shape index (κ3) is 7.14. The number of carbonyl (C=O) groups excluding carboxylic acids is 2. The fourth-order valence-corrected chi connectivity index (χ4v) is 3.46. The standard InChI is InChI=1S/C27H27ClN2O7/c1-16-12-20(28)8-11-22(16)36-17(2)26(31)30-29-15-18-6-9-21(10-7-18)37-27(32)19-13-23(33-3)25(35-5)24(14-19)34-4/h6-15,17H,1-5H3,(H,30,31). The van der Waals surface area contributed by atoms with Crippen molar-refractivity contribution in [2.45, 2.75) is 20.0 Å². The average Bonchev–Trinajstić information content (AvgIpc) is 2.90. The summed E-state index contributed by atoms with van der Waals surface area (Å²) in [6.45, 7) is 3.46. The van der Waals surface area contributed by atoms with E-state index in [1.54, 1.807) is 49.4 Å². The summed E-state index contributed by atoms with van der Waals surface area (Å²) in [4.78, 5) is 24.9. The van der Waals surface area contributed by atoms with Gasteiger partial charge in [-0.1, -0.05) is 11.6 Å². The number of amides is 1. The SMILES string of the molecule is COc1cc(C(=O)Oc2ccc(C=NNC(=O)C(C)Oc3ccc(Cl)cc3C)cc2)cc(OC)c1OC. The fraction of sp³-hybridized carbons (Fsp3) is 0.222. The second kappa shape index (κ2) is 12.6. The van der Waals surface area contributed by atoms with Crippen LogP contribution in [0, 0.1) is 6.92 Å². The summed E-state index contributed by atoms with van der Waals surface area (Å²) in [6, 6.07) is 14.8. The number of carbonyl (C=O) groups is 2. The smallest absolute Gasteiger partial charge is 0.343 e. The van der Waals surface area contributed by atoms with Crippen molar-refractivity contribution in [3.63, 3.8) is 0 Å². The monoisotopic (exact) mass is 526 g/mol. The first-order valence-electron chi connectivity index (χ1n) is 11.1. The Morgan fingerprint density at radius 3 is 2.14 bits per heavy atom. The van der Waals surface area contributed by atoms with Crippen molar-refractivity contribution in [2.24, 2.45) is 5.10 Å². The van der Waals surface area contributed by atoms with E-state index < -0.39 is 18.0 Å². The number of nitrogens with one attached hydrogen (secondary N) is 1. The maximum atomic E-state index is 12.6. The zero-order chi connectivity index (χ0) is 26.9. The van der Waals surface area contributed by atoms with Crippen molar-refractivity contribution >= 4 is 29.7 Å². The molecule has 1 amide bonds. The number of hydrazone groups is 1. The summed E-state index contributed by atoms with van der Waals surface area (Å²) in [7, 11) is 4.40. The lowest BCUT2D eigenvalue weighted by atomic mass is 10.2. The molecular weight excluding hydrogens is 500 g/mol. The van der Waals surface area contributed by atoms with Crippen molar-refractivity contribution in [2.75, 3.05) is 21.3 Å². The molecule has 0 saturated heterocycles. The third-order valence-electron chi connectivity index (χ3n) is 5.19. The van der Waals surface area contributed by atoms with Gasteiger partial charge in [-0.25, -0.2) is 10.2 Å². The van der Waals surface area contributed by atoms with Gasteiger partial charge in [0.05, 0.1) is 33.1 Å². The van der Waals surface area contributed by atoms with Gasteiger partial charge in [0.15, 0.2) is 17.6 Å². The number of benzene rings is 3. The molecule has 0 spiro atoms. The first-order valence-corrected chi connectivity index (χ1v) is 11.5. The summed E-state index contributed by atoms with van der Waals surface area (Å²) >= 11 is 5.95. The molecule has 3 aromatic carbocycles. The molecule has 3 rings (SSSR count). The van der Waals surface area contributed by atoms with Crippen LogP contribution in [0.2, 0.25) is 5.02 Å². The first kappa shape index (κ1) is 27.3. The van der Waals surface area contributed by atoms with E-state index in [2.05, 4.69) is 10.5 Å². The fourth-order valence-electron chi connectivity index (χ4n) is 3.24. The lowest BCUT2D eigenvalue weighted by Crippen LogP contribution is -2.33. The maximum Gasteiger partial charge on any atom is 0.343 e. The molecular formula is C27H27ClN2O7. The Kier molecular flexibility index (Phi) is 9.34. The molecule has 0 aliphatic carbocycles. The molecule has 0 aliphatic heterocycles. The Balaban J connectivity index is 1.57. The Morgan fingerprint density at radius 1 is 0.919 bits per heavy atom. The molecule has 0 fully saturated rings. The van der Waals surface area contributed by atoms with Crippen LogP contribution in [0.15, 0.2) is 59.7 Å². The molecule has 1 N–H and O–H groups in total. The van der Waals surface area contributed by atoms with Crippen LogP contribution in [0.25, 0.3) is 0 Å². The second-order valence-corrected chi connectivity index (χ2v) is 8.21. The largest absolute Gasteiger partial charge is 0.493 e. The van der Waals surface area contributed by atoms with E-state index in [1.165, 1.54) is 39.7 Å². The van der Waals surface area contributed by atoms with Gasteiger partial charge in [-0.3, -0.25) is 4.79 Å². The number of methoxy groups -OCH3 is 3. The first-order chi connectivity index (χ1) is 17.7. The van der Waals surface area contributed by atoms with Crippen molar-refractivity contribution in [3.8, 4) is 28.7 Å². The van der Waals surface area contributed by atoms with E-state index in [9.17, 15) is 9.59 Å². The van der Waals surface area contributed by atoms with Gasteiger partial charge in [-0.05, 0) is 79.6 Å². The highest BCUT2D eigenvalue weighted by Crippen LogP contribution is 2.38. The van der Waals surface area contributed by atoms with Crippen molar-refractivity contribution < 1.29 is 33.3 Å². The van der Waals surface area contributed by atoms with Gasteiger partial charge in [-0.15, -0.1) is 0 Å². The van der Waals surface area contributed by atoms with Crippen LogP contribution in [-0.4, -0.2) is 45.5 Å². The highest BCUT2D eigenvalue weighted by Gasteiger charge is 2.18. The van der Waals surface area contributed by atoms with E-state index in [1.807, 2.05) is 6.92 Å². The molecule has 0 bridgehead atoms. The topological polar surface area (TPSA) is 105 Å². The van der Waals surface area contributed by atoms with Crippen LogP contribution in [0.5, 0.6) is 28.7 Å². The van der Waals surface area contributed by atoms with Crippen molar-refractivity contribution in [1.82, 2.24) is 5.43 Å². The quantitative estimate of drug-likeness (QED) is 0.175. The Bertz CT molecular complexity index is 1270. The minimum atomic E-state index is -0.769. The zero-order valence-electron chi connectivity index (χ0n) is 21.0. The number of ether oxygens (including phenoxy) is 5. The molecule has 1 atom stereocenters. The normalized spacial score (nSPS) is 11.5. The zero-order valence-corrected chi connectivity index (χ0v) is 21.8. The molecule has 0 aliphatic rings. The summed E-state index contributed by atoms with van der Waals surface area (Å²) in [5.74, 6) is 0.918. The Morgan fingerprint density at radius 2 is 1.57 bits per heavy atom. The Hall–Kier alpha value is -4.24. The summed E-state index contributed by atoms with van der Waals surface area (Å²) < 4.78 is 26.9. The Labute approximate surface area is 219 Å². The van der Waals surface area contributed by atoms with E-state index in [-0.39, 0.29) is 5.56 Å². The second-order valence-electron chi connectivity index (χ2n) is 7.78. The van der Waals surface area contributed by atoms with Gasteiger partial charge in [0.1, 0.15) is 11.5 Å². The van der Waals surface area contributed by atoms with Crippen LogP contribution in [0.4, 0.5) is 0 Å². The summed E-state index contributed by atoms with van der Waals surface area (Å²) in [5.41, 5.74) is 4.17. The highest BCUT2D eigenvalue weighted by atomic mass is 35.5. The maximum absolute atomic E-state index is 12.6. The van der Waals surface area contributed by atoms with Gasteiger partial charge in [-0.2, -0.15) is 5.10 Å². The van der Waals surface area contributed by atoms with Crippen LogP contribution in [0.1, 0.15) is 28.4 Å². The molecule has 10 heteroatoms. The lowest BCUT2D eigenvalue weighted by Gasteiger charge is -2.14. The van der Waals surface area contributed by atoms with Crippen LogP contribution in [-0.2, 0) is 4.79 Å². The molecule has 0 saturated carbocycles.